The minimum Gasteiger partial charge on any atom is -0.466 e. The molecule has 0 unspecified atom stereocenters. The Morgan fingerprint density at radius 2 is 2.40 bits per heavy atom. The maximum Gasteiger partial charge on any atom is 0.331 e. The summed E-state index contributed by atoms with van der Waals surface area (Å²) in [5.74, 6) is -0.358. The molecule has 0 aliphatic rings. The lowest BCUT2D eigenvalue weighted by Gasteiger charge is -2.12. The molecule has 4 heteroatoms. The molecule has 0 aliphatic carbocycles. The van der Waals surface area contributed by atoms with Gasteiger partial charge in [0.2, 0.25) is 0 Å². The minimum absolute atomic E-state index is 0.358. The van der Waals surface area contributed by atoms with Crippen molar-refractivity contribution in [3.63, 3.8) is 0 Å². The summed E-state index contributed by atoms with van der Waals surface area (Å²) in [6.45, 7) is 0.661. The summed E-state index contributed by atoms with van der Waals surface area (Å²) in [7, 11) is 3.22. The summed E-state index contributed by atoms with van der Waals surface area (Å²) in [4.78, 5) is 16.9. The van der Waals surface area contributed by atoms with E-state index in [0.29, 0.717) is 6.54 Å². The van der Waals surface area contributed by atoms with E-state index in [1.807, 2.05) is 30.1 Å². The zero-order valence-electron chi connectivity index (χ0n) is 8.88. The quantitative estimate of drug-likeness (QED) is 0.548. The van der Waals surface area contributed by atoms with Crippen molar-refractivity contribution in [3.8, 4) is 0 Å². The monoisotopic (exact) mass is 206 g/mol. The number of carbonyl (C=O) groups is 1. The molecule has 0 aromatic carbocycles. The molecule has 15 heavy (non-hydrogen) atoms. The van der Waals surface area contributed by atoms with E-state index in [0.717, 1.165) is 5.69 Å². The summed E-state index contributed by atoms with van der Waals surface area (Å²) < 4.78 is 4.48. The maximum absolute atomic E-state index is 10.8. The molecule has 0 radical (unpaired) electrons. The van der Waals surface area contributed by atoms with Crippen LogP contribution >= 0.6 is 0 Å². The number of methoxy groups -OCH3 is 1. The minimum atomic E-state index is -0.358. The zero-order valence-corrected chi connectivity index (χ0v) is 8.88. The lowest BCUT2D eigenvalue weighted by molar-refractivity contribution is -0.134. The Balaban J connectivity index is 2.46. The van der Waals surface area contributed by atoms with Crippen molar-refractivity contribution in [2.45, 2.75) is 6.54 Å². The van der Waals surface area contributed by atoms with Gasteiger partial charge in [0.25, 0.3) is 0 Å². The van der Waals surface area contributed by atoms with Crippen LogP contribution < -0.4 is 0 Å². The normalized spacial score (nSPS) is 10.3. The number of nitrogens with zero attached hydrogens (tertiary/aromatic N) is 2. The predicted octanol–water partition coefficient (Wildman–Crippen LogP) is 1.20. The Kier molecular flexibility index (Phi) is 4.34. The van der Waals surface area contributed by atoms with Gasteiger partial charge >= 0.3 is 5.97 Å². The summed E-state index contributed by atoms with van der Waals surface area (Å²) in [5.41, 5.74) is 0.953. The molecule has 0 bridgehead atoms. The molecule has 0 spiro atoms. The molecule has 1 aromatic rings. The second-order valence-electron chi connectivity index (χ2n) is 3.08. The van der Waals surface area contributed by atoms with Crippen LogP contribution in [0.2, 0.25) is 0 Å². The number of aromatic nitrogens is 1. The maximum atomic E-state index is 10.8. The molecule has 0 saturated heterocycles. The summed E-state index contributed by atoms with van der Waals surface area (Å²) >= 11 is 0. The van der Waals surface area contributed by atoms with Crippen molar-refractivity contribution >= 4 is 5.97 Å². The van der Waals surface area contributed by atoms with E-state index in [-0.39, 0.29) is 5.97 Å². The Labute approximate surface area is 89.2 Å². The van der Waals surface area contributed by atoms with Crippen LogP contribution in [0, 0.1) is 0 Å². The summed E-state index contributed by atoms with van der Waals surface area (Å²) in [6, 6.07) is 5.73. The highest BCUT2D eigenvalue weighted by atomic mass is 16.5. The molecule has 0 N–H and O–H groups in total. The van der Waals surface area contributed by atoms with Crippen molar-refractivity contribution < 1.29 is 9.53 Å². The van der Waals surface area contributed by atoms with E-state index >= 15 is 0 Å². The van der Waals surface area contributed by atoms with E-state index in [1.54, 1.807) is 12.4 Å². The second-order valence-corrected chi connectivity index (χ2v) is 3.08. The van der Waals surface area contributed by atoms with E-state index < -0.39 is 0 Å². The van der Waals surface area contributed by atoms with Crippen LogP contribution in [0.5, 0.6) is 0 Å². The fraction of sp³-hybridized carbons (Fsp3) is 0.273. The summed E-state index contributed by atoms with van der Waals surface area (Å²) in [6.07, 6.45) is 4.79. The molecule has 4 nitrogen and oxygen atoms in total. The third kappa shape index (κ3) is 4.26. The van der Waals surface area contributed by atoms with E-state index in [9.17, 15) is 4.79 Å². The van der Waals surface area contributed by atoms with Gasteiger partial charge in [-0.3, -0.25) is 4.98 Å². The van der Waals surface area contributed by atoms with Crippen molar-refractivity contribution in [2.24, 2.45) is 0 Å². The molecular formula is C11H14N2O2. The highest BCUT2D eigenvalue weighted by Crippen LogP contribution is 1.98. The van der Waals surface area contributed by atoms with Crippen LogP contribution in [0.1, 0.15) is 5.69 Å². The van der Waals surface area contributed by atoms with Gasteiger partial charge in [-0.2, -0.15) is 0 Å². The number of ether oxygens (including phenoxy) is 1. The van der Waals surface area contributed by atoms with Crippen molar-refractivity contribution in [2.75, 3.05) is 14.2 Å². The average Bonchev–Trinajstić information content (AvgIpc) is 2.27. The van der Waals surface area contributed by atoms with Gasteiger partial charge in [-0.25, -0.2) is 4.79 Å². The van der Waals surface area contributed by atoms with Gasteiger partial charge in [0.15, 0.2) is 0 Å². The molecule has 80 valence electrons. The third-order valence-corrected chi connectivity index (χ3v) is 1.80. The Bertz CT molecular complexity index is 336. The largest absolute Gasteiger partial charge is 0.466 e. The Morgan fingerprint density at radius 3 is 3.00 bits per heavy atom. The zero-order chi connectivity index (χ0) is 11.1. The van der Waals surface area contributed by atoms with Crippen LogP contribution in [0.25, 0.3) is 0 Å². The van der Waals surface area contributed by atoms with Crippen LogP contribution in [-0.2, 0) is 16.1 Å². The summed E-state index contributed by atoms with van der Waals surface area (Å²) in [5, 5.41) is 0. The molecular weight excluding hydrogens is 192 g/mol. The Morgan fingerprint density at radius 1 is 1.60 bits per heavy atom. The number of hydrogen-bond acceptors (Lipinski definition) is 4. The Hall–Kier alpha value is -1.84. The van der Waals surface area contributed by atoms with Gasteiger partial charge < -0.3 is 9.64 Å². The van der Waals surface area contributed by atoms with Crippen molar-refractivity contribution in [3.05, 3.63) is 42.4 Å². The fourth-order valence-corrected chi connectivity index (χ4v) is 1.06. The van der Waals surface area contributed by atoms with Gasteiger partial charge in [0.05, 0.1) is 19.3 Å². The van der Waals surface area contributed by atoms with Gasteiger partial charge in [0.1, 0.15) is 0 Å². The van der Waals surface area contributed by atoms with Gasteiger partial charge in [-0.1, -0.05) is 6.07 Å². The first-order valence-electron chi connectivity index (χ1n) is 4.58. The first-order valence-corrected chi connectivity index (χ1v) is 4.58. The second kappa shape index (κ2) is 5.80. The molecule has 1 aromatic heterocycles. The molecule has 0 saturated carbocycles. The molecule has 0 atom stereocenters. The lowest BCUT2D eigenvalue weighted by atomic mass is 10.3. The van der Waals surface area contributed by atoms with Crippen LogP contribution in [0.4, 0.5) is 0 Å². The van der Waals surface area contributed by atoms with Crippen molar-refractivity contribution in [1.29, 1.82) is 0 Å². The number of hydrogen-bond donors (Lipinski definition) is 0. The first-order chi connectivity index (χ1) is 7.22. The number of pyridine rings is 1. The lowest BCUT2D eigenvalue weighted by Crippen LogP contribution is -2.12. The van der Waals surface area contributed by atoms with Crippen LogP contribution in [0.15, 0.2) is 36.7 Å². The molecule has 1 heterocycles. The average molecular weight is 206 g/mol. The predicted molar refractivity (Wildman–Crippen MR) is 56.9 cm³/mol. The van der Waals surface area contributed by atoms with Crippen LogP contribution in [-0.4, -0.2) is 30.0 Å². The SMILES string of the molecule is COC(=O)C=CN(C)Cc1ccccn1. The van der Waals surface area contributed by atoms with Gasteiger partial charge in [-0.15, -0.1) is 0 Å². The highest BCUT2D eigenvalue weighted by Gasteiger charge is 1.97. The molecule has 0 fully saturated rings. The van der Waals surface area contributed by atoms with Crippen LogP contribution in [0.3, 0.4) is 0 Å². The molecule has 0 amide bonds. The number of rotatable bonds is 4. The van der Waals surface area contributed by atoms with Gasteiger partial charge in [-0.05, 0) is 12.1 Å². The van der Waals surface area contributed by atoms with Gasteiger partial charge in [0, 0.05) is 25.5 Å². The number of esters is 1. The smallest absolute Gasteiger partial charge is 0.331 e. The standard InChI is InChI=1S/C11H14N2O2/c1-13(8-6-11(14)15-2)9-10-5-3-4-7-12-10/h3-8H,9H2,1-2H3. The molecule has 1 rings (SSSR count). The topological polar surface area (TPSA) is 42.4 Å². The first kappa shape index (κ1) is 11.2. The van der Waals surface area contributed by atoms with E-state index in [4.69, 9.17) is 0 Å². The van der Waals surface area contributed by atoms with Crippen molar-refractivity contribution in [1.82, 2.24) is 9.88 Å². The highest BCUT2D eigenvalue weighted by molar-refractivity contribution is 5.81. The third-order valence-electron chi connectivity index (χ3n) is 1.80. The van der Waals surface area contributed by atoms with E-state index in [1.165, 1.54) is 13.2 Å². The number of carbonyl (C=O) groups excluding carboxylic acids is 1. The van der Waals surface area contributed by atoms with E-state index in [2.05, 4.69) is 9.72 Å². The fourth-order valence-electron chi connectivity index (χ4n) is 1.06. The molecule has 0 aliphatic heterocycles.